The molecule has 2 N–H and O–H groups in total. The van der Waals surface area contributed by atoms with E-state index in [1.54, 1.807) is 13.8 Å². The highest BCUT2D eigenvalue weighted by Crippen LogP contribution is 2.03. The summed E-state index contributed by atoms with van der Waals surface area (Å²) in [7, 11) is -1.78. The number of hydrogen-bond donors (Lipinski definition) is 2. The summed E-state index contributed by atoms with van der Waals surface area (Å²) in [5.74, 6) is -1.56. The largest absolute Gasteiger partial charge is 0.480 e. The number of hydrogen-bond acceptors (Lipinski definition) is 5. The number of carboxylic acid groups (broad SMARTS) is 1. The lowest BCUT2D eigenvalue weighted by Gasteiger charge is -2.29. The normalized spacial score (nSPS) is 14.3. The molecule has 2 amide bonds. The smallest absolute Gasteiger partial charge is 0.326 e. The molecule has 0 aromatic carbocycles. The fourth-order valence-electron chi connectivity index (χ4n) is 1.81. The Morgan fingerprint density at radius 1 is 1.38 bits per heavy atom. The second kappa shape index (κ2) is 8.83. The number of aliphatic carboxylic acids is 1. The van der Waals surface area contributed by atoms with Gasteiger partial charge in [-0.05, 0) is 20.3 Å². The Labute approximate surface area is 125 Å². The van der Waals surface area contributed by atoms with Gasteiger partial charge < -0.3 is 20.1 Å². The number of urea groups is 1. The van der Waals surface area contributed by atoms with E-state index in [1.165, 1.54) is 12.0 Å². The number of nitrogens with zero attached hydrogens (tertiary/aromatic N) is 1. The fourth-order valence-corrected chi connectivity index (χ4v) is 2.47. The van der Waals surface area contributed by atoms with Crippen LogP contribution in [0.2, 0.25) is 0 Å². The minimum Gasteiger partial charge on any atom is -0.480 e. The topological polar surface area (TPSA) is 113 Å². The second-order valence-electron chi connectivity index (χ2n) is 4.85. The third-order valence-electron chi connectivity index (χ3n) is 2.91. The zero-order valence-electron chi connectivity index (χ0n) is 12.8. The number of amides is 2. The van der Waals surface area contributed by atoms with Crippen molar-refractivity contribution in [3.8, 4) is 0 Å². The maximum absolute atomic E-state index is 12.1. The minimum absolute atomic E-state index is 0.171. The van der Waals surface area contributed by atoms with Gasteiger partial charge in [-0.25, -0.2) is 18.0 Å². The highest BCUT2D eigenvalue weighted by molar-refractivity contribution is 7.90. The first kappa shape index (κ1) is 19.7. The van der Waals surface area contributed by atoms with Gasteiger partial charge in [0.25, 0.3) is 0 Å². The first-order valence-electron chi connectivity index (χ1n) is 6.59. The molecule has 0 saturated carbocycles. The van der Waals surface area contributed by atoms with Crippen molar-refractivity contribution in [3.63, 3.8) is 0 Å². The maximum atomic E-state index is 12.1. The first-order valence-corrected chi connectivity index (χ1v) is 8.65. The van der Waals surface area contributed by atoms with Crippen molar-refractivity contribution in [2.24, 2.45) is 0 Å². The van der Waals surface area contributed by atoms with Gasteiger partial charge in [0.05, 0.1) is 18.4 Å². The van der Waals surface area contributed by atoms with Gasteiger partial charge in [-0.1, -0.05) is 0 Å². The maximum Gasteiger partial charge on any atom is 0.326 e. The van der Waals surface area contributed by atoms with Crippen molar-refractivity contribution in [2.75, 3.05) is 32.3 Å². The third kappa shape index (κ3) is 7.86. The van der Waals surface area contributed by atoms with Gasteiger partial charge in [0.15, 0.2) is 0 Å². The predicted octanol–water partition coefficient (Wildman–Crippen LogP) is -0.0593. The van der Waals surface area contributed by atoms with Gasteiger partial charge in [-0.3, -0.25) is 0 Å². The molecule has 0 spiro atoms. The van der Waals surface area contributed by atoms with E-state index in [1.807, 2.05) is 0 Å². The molecule has 0 aromatic rings. The number of ether oxygens (including phenoxy) is 1. The highest BCUT2D eigenvalue weighted by Gasteiger charge is 2.25. The van der Waals surface area contributed by atoms with Crippen LogP contribution >= 0.6 is 0 Å². The molecule has 0 bridgehead atoms. The zero-order chi connectivity index (χ0) is 16.6. The summed E-state index contributed by atoms with van der Waals surface area (Å²) in [4.78, 5) is 24.6. The van der Waals surface area contributed by atoms with E-state index in [0.717, 1.165) is 6.26 Å². The molecule has 0 fully saturated rings. The van der Waals surface area contributed by atoms with Crippen molar-refractivity contribution in [1.29, 1.82) is 0 Å². The zero-order valence-corrected chi connectivity index (χ0v) is 13.6. The van der Waals surface area contributed by atoms with Crippen molar-refractivity contribution in [1.82, 2.24) is 10.2 Å². The molecule has 0 radical (unpaired) electrons. The Balaban J connectivity index is 4.75. The summed E-state index contributed by atoms with van der Waals surface area (Å²) in [6, 6.07) is -2.01. The van der Waals surface area contributed by atoms with Gasteiger partial charge in [-0.2, -0.15) is 0 Å². The number of sulfone groups is 1. The van der Waals surface area contributed by atoms with Crippen molar-refractivity contribution in [3.05, 3.63) is 0 Å². The average Bonchev–Trinajstić information content (AvgIpc) is 2.34. The molecule has 0 rings (SSSR count). The van der Waals surface area contributed by atoms with E-state index >= 15 is 0 Å². The van der Waals surface area contributed by atoms with Crippen molar-refractivity contribution >= 4 is 21.8 Å². The summed E-state index contributed by atoms with van der Waals surface area (Å²) in [5.41, 5.74) is 0. The number of carboxylic acids is 1. The molecular formula is C12H24N2O6S. The number of likely N-dealkylation sites (N-methyl/N-ethyl adjacent to an activating group) is 1. The molecule has 0 aliphatic heterocycles. The van der Waals surface area contributed by atoms with E-state index in [-0.39, 0.29) is 18.2 Å². The van der Waals surface area contributed by atoms with Crippen LogP contribution in [0.5, 0.6) is 0 Å². The Bertz CT molecular complexity index is 451. The molecular weight excluding hydrogens is 300 g/mol. The molecule has 2 atom stereocenters. The Morgan fingerprint density at radius 2 is 1.95 bits per heavy atom. The Kier molecular flexibility index (Phi) is 8.26. The van der Waals surface area contributed by atoms with Gasteiger partial charge in [0.1, 0.15) is 15.9 Å². The van der Waals surface area contributed by atoms with Gasteiger partial charge >= 0.3 is 12.0 Å². The lowest BCUT2D eigenvalue weighted by Crippen LogP contribution is -2.52. The number of carbonyl (C=O) groups excluding carboxylic acids is 1. The van der Waals surface area contributed by atoms with Crippen LogP contribution in [0.25, 0.3) is 0 Å². The SMILES string of the molecule is CCN(C(=O)NC(CCS(C)(=O)=O)C(=O)O)C(C)COC. The number of rotatable bonds is 9. The number of methoxy groups -OCH3 is 1. The summed E-state index contributed by atoms with van der Waals surface area (Å²) >= 11 is 0. The molecule has 2 unspecified atom stereocenters. The third-order valence-corrected chi connectivity index (χ3v) is 3.89. The average molecular weight is 324 g/mol. The summed E-state index contributed by atoms with van der Waals surface area (Å²) < 4.78 is 27.2. The standard InChI is InChI=1S/C12H24N2O6S/c1-5-14(9(2)8-20-3)12(17)13-10(11(15)16)6-7-21(4,18)19/h9-10H,5-8H2,1-4H3,(H,13,17)(H,15,16). The quantitative estimate of drug-likeness (QED) is 0.614. The first-order chi connectivity index (χ1) is 9.62. The van der Waals surface area contributed by atoms with Crippen LogP contribution in [-0.4, -0.2) is 74.8 Å². The molecule has 0 aliphatic carbocycles. The van der Waals surface area contributed by atoms with Crippen LogP contribution in [0, 0.1) is 0 Å². The number of carbonyl (C=O) groups is 2. The van der Waals surface area contributed by atoms with Gasteiger partial charge in [0.2, 0.25) is 0 Å². The molecule has 124 valence electrons. The van der Waals surface area contributed by atoms with E-state index in [9.17, 15) is 18.0 Å². The minimum atomic E-state index is -3.29. The van der Waals surface area contributed by atoms with Gasteiger partial charge in [-0.15, -0.1) is 0 Å². The molecule has 0 saturated heterocycles. The van der Waals surface area contributed by atoms with Crippen LogP contribution in [0.1, 0.15) is 20.3 Å². The van der Waals surface area contributed by atoms with Crippen LogP contribution in [0.3, 0.4) is 0 Å². The molecule has 21 heavy (non-hydrogen) atoms. The van der Waals surface area contributed by atoms with Crippen LogP contribution < -0.4 is 5.32 Å². The van der Waals surface area contributed by atoms with Crippen molar-refractivity contribution < 1.29 is 27.9 Å². The van der Waals surface area contributed by atoms with E-state index in [2.05, 4.69) is 5.32 Å². The fraction of sp³-hybridized carbons (Fsp3) is 0.833. The van der Waals surface area contributed by atoms with Crippen LogP contribution in [0.15, 0.2) is 0 Å². The van der Waals surface area contributed by atoms with Gasteiger partial charge in [0, 0.05) is 19.9 Å². The Morgan fingerprint density at radius 3 is 2.33 bits per heavy atom. The molecule has 0 heterocycles. The van der Waals surface area contributed by atoms with Crippen LogP contribution in [-0.2, 0) is 19.4 Å². The second-order valence-corrected chi connectivity index (χ2v) is 7.11. The lowest BCUT2D eigenvalue weighted by molar-refractivity contribution is -0.139. The highest BCUT2D eigenvalue weighted by atomic mass is 32.2. The van der Waals surface area contributed by atoms with Crippen LogP contribution in [0.4, 0.5) is 4.79 Å². The molecule has 0 aliphatic rings. The van der Waals surface area contributed by atoms with E-state index < -0.39 is 27.9 Å². The lowest BCUT2D eigenvalue weighted by atomic mass is 10.2. The van der Waals surface area contributed by atoms with E-state index in [4.69, 9.17) is 9.84 Å². The molecule has 8 nitrogen and oxygen atoms in total. The summed E-state index contributed by atoms with van der Waals surface area (Å²) in [6.07, 6.45) is 0.850. The predicted molar refractivity (Wildman–Crippen MR) is 78.0 cm³/mol. The van der Waals surface area contributed by atoms with Crippen molar-refractivity contribution in [2.45, 2.75) is 32.4 Å². The molecule has 0 aromatic heterocycles. The Hall–Kier alpha value is -1.35. The summed E-state index contributed by atoms with van der Waals surface area (Å²) in [5, 5.41) is 11.4. The van der Waals surface area contributed by atoms with E-state index in [0.29, 0.717) is 13.2 Å². The summed E-state index contributed by atoms with van der Waals surface area (Å²) in [6.45, 7) is 4.24. The number of nitrogens with one attached hydrogen (secondary N) is 1. The molecule has 9 heteroatoms. The monoisotopic (exact) mass is 324 g/mol.